The highest BCUT2D eigenvalue weighted by Crippen LogP contribution is 2.10. The summed E-state index contributed by atoms with van der Waals surface area (Å²) in [5.74, 6) is 0.688. The Morgan fingerprint density at radius 3 is 2.19 bits per heavy atom. The summed E-state index contributed by atoms with van der Waals surface area (Å²) in [6.07, 6.45) is 1.68. The number of rotatable bonds is 7. The van der Waals surface area contributed by atoms with Gasteiger partial charge in [-0.3, -0.25) is 9.79 Å². The normalized spacial score (nSPS) is 11.1. The summed E-state index contributed by atoms with van der Waals surface area (Å²) in [6, 6.07) is 15.5. The zero-order chi connectivity index (χ0) is 18.8. The molecule has 0 saturated heterocycles. The van der Waals surface area contributed by atoms with Gasteiger partial charge in [0, 0.05) is 37.8 Å². The van der Waals surface area contributed by atoms with Crippen LogP contribution in [0.5, 0.6) is 0 Å². The van der Waals surface area contributed by atoms with E-state index in [1.54, 1.807) is 14.1 Å². The van der Waals surface area contributed by atoms with Crippen LogP contribution in [-0.4, -0.2) is 39.1 Å². The Morgan fingerprint density at radius 1 is 1.00 bits per heavy atom. The van der Waals surface area contributed by atoms with E-state index in [0.29, 0.717) is 5.56 Å². The highest BCUT2D eigenvalue weighted by molar-refractivity contribution is 6.30. The Morgan fingerprint density at radius 2 is 1.62 bits per heavy atom. The first kappa shape index (κ1) is 19.8. The molecule has 0 saturated carbocycles. The van der Waals surface area contributed by atoms with E-state index in [9.17, 15) is 4.79 Å². The molecule has 0 aliphatic carbocycles. The lowest BCUT2D eigenvalue weighted by atomic mass is 10.1. The molecule has 0 atom stereocenters. The first-order valence-corrected chi connectivity index (χ1v) is 9.00. The fourth-order valence-electron chi connectivity index (χ4n) is 2.58. The van der Waals surface area contributed by atoms with Crippen molar-refractivity contribution in [3.63, 3.8) is 0 Å². The second-order valence-corrected chi connectivity index (χ2v) is 6.27. The molecule has 0 aliphatic rings. The van der Waals surface area contributed by atoms with Crippen molar-refractivity contribution in [2.45, 2.75) is 12.8 Å². The number of carbonyl (C=O) groups excluding carboxylic acids is 1. The SMILES string of the molecule is CN=C(NCCc1cccc(Cl)c1)NCCc1cccc(C(=O)NC)c1. The largest absolute Gasteiger partial charge is 0.356 e. The predicted molar refractivity (Wildman–Crippen MR) is 108 cm³/mol. The highest BCUT2D eigenvalue weighted by atomic mass is 35.5. The third kappa shape index (κ3) is 6.41. The molecular formula is C20H25ClN4O. The summed E-state index contributed by atoms with van der Waals surface area (Å²) >= 11 is 6.00. The van der Waals surface area contributed by atoms with E-state index in [0.717, 1.165) is 42.5 Å². The maximum Gasteiger partial charge on any atom is 0.251 e. The molecule has 0 unspecified atom stereocenters. The molecule has 138 valence electrons. The van der Waals surface area contributed by atoms with Crippen molar-refractivity contribution >= 4 is 23.5 Å². The third-order valence-corrected chi connectivity index (χ3v) is 4.18. The first-order chi connectivity index (χ1) is 12.6. The second kappa shape index (κ2) is 10.5. The van der Waals surface area contributed by atoms with Gasteiger partial charge < -0.3 is 16.0 Å². The van der Waals surface area contributed by atoms with Gasteiger partial charge in [0.15, 0.2) is 5.96 Å². The second-order valence-electron chi connectivity index (χ2n) is 5.84. The van der Waals surface area contributed by atoms with Crippen molar-refractivity contribution in [2.24, 2.45) is 4.99 Å². The first-order valence-electron chi connectivity index (χ1n) is 8.62. The topological polar surface area (TPSA) is 65.5 Å². The van der Waals surface area contributed by atoms with Crippen LogP contribution in [0.3, 0.4) is 0 Å². The predicted octanol–water partition coefficient (Wildman–Crippen LogP) is 2.65. The van der Waals surface area contributed by atoms with Crippen molar-refractivity contribution in [1.82, 2.24) is 16.0 Å². The molecule has 0 aliphatic heterocycles. The van der Waals surface area contributed by atoms with Crippen molar-refractivity contribution in [3.8, 4) is 0 Å². The van der Waals surface area contributed by atoms with Gasteiger partial charge in [0.1, 0.15) is 0 Å². The van der Waals surface area contributed by atoms with Crippen molar-refractivity contribution in [3.05, 3.63) is 70.2 Å². The van der Waals surface area contributed by atoms with Crippen LogP contribution in [0.1, 0.15) is 21.5 Å². The van der Waals surface area contributed by atoms with E-state index in [-0.39, 0.29) is 5.91 Å². The van der Waals surface area contributed by atoms with E-state index in [4.69, 9.17) is 11.6 Å². The van der Waals surface area contributed by atoms with Crippen molar-refractivity contribution < 1.29 is 4.79 Å². The number of carbonyl (C=O) groups is 1. The zero-order valence-electron chi connectivity index (χ0n) is 15.2. The number of halogens is 1. The Bertz CT molecular complexity index is 761. The third-order valence-electron chi connectivity index (χ3n) is 3.94. The van der Waals surface area contributed by atoms with E-state index in [1.807, 2.05) is 42.5 Å². The monoisotopic (exact) mass is 372 g/mol. The van der Waals surface area contributed by atoms with Gasteiger partial charge in [0.05, 0.1) is 0 Å². The Labute approximate surface area is 159 Å². The smallest absolute Gasteiger partial charge is 0.251 e. The summed E-state index contributed by atoms with van der Waals surface area (Å²) in [4.78, 5) is 15.9. The van der Waals surface area contributed by atoms with Gasteiger partial charge in [-0.1, -0.05) is 35.9 Å². The van der Waals surface area contributed by atoms with Crippen LogP contribution in [0.15, 0.2) is 53.5 Å². The summed E-state index contributed by atoms with van der Waals surface area (Å²) in [7, 11) is 3.39. The Balaban J connectivity index is 1.76. The number of aliphatic imine (C=N–C) groups is 1. The van der Waals surface area contributed by atoms with Crippen molar-refractivity contribution in [2.75, 3.05) is 27.2 Å². The lowest BCUT2D eigenvalue weighted by Crippen LogP contribution is -2.39. The number of hydrogen-bond donors (Lipinski definition) is 3. The van der Waals surface area contributed by atoms with Gasteiger partial charge in [-0.25, -0.2) is 0 Å². The number of hydrogen-bond acceptors (Lipinski definition) is 2. The molecule has 2 aromatic rings. The van der Waals surface area contributed by atoms with Gasteiger partial charge in [0.2, 0.25) is 0 Å². The fourth-order valence-corrected chi connectivity index (χ4v) is 2.79. The van der Waals surface area contributed by atoms with Crippen LogP contribution in [0.2, 0.25) is 5.02 Å². The van der Waals surface area contributed by atoms with Gasteiger partial charge in [0.25, 0.3) is 5.91 Å². The molecule has 2 aromatic carbocycles. The molecule has 0 fully saturated rings. The molecule has 0 spiro atoms. The lowest BCUT2D eigenvalue weighted by molar-refractivity contribution is 0.0963. The van der Waals surface area contributed by atoms with Gasteiger partial charge >= 0.3 is 0 Å². The molecule has 0 heterocycles. The molecular weight excluding hydrogens is 348 g/mol. The summed E-state index contributed by atoms with van der Waals surface area (Å²) < 4.78 is 0. The number of benzene rings is 2. The molecule has 0 aromatic heterocycles. The highest BCUT2D eigenvalue weighted by Gasteiger charge is 2.04. The molecule has 3 N–H and O–H groups in total. The zero-order valence-corrected chi connectivity index (χ0v) is 15.9. The minimum absolute atomic E-state index is 0.0710. The van der Waals surface area contributed by atoms with Crippen LogP contribution in [0, 0.1) is 0 Å². The van der Waals surface area contributed by atoms with Crippen LogP contribution in [0.4, 0.5) is 0 Å². The molecule has 2 rings (SSSR count). The maximum absolute atomic E-state index is 11.7. The number of nitrogens with zero attached hydrogens (tertiary/aromatic N) is 1. The number of guanidine groups is 1. The maximum atomic E-state index is 11.7. The summed E-state index contributed by atoms with van der Waals surface area (Å²) in [5.41, 5.74) is 2.97. The van der Waals surface area contributed by atoms with E-state index in [1.165, 1.54) is 5.56 Å². The van der Waals surface area contributed by atoms with Crippen LogP contribution in [0.25, 0.3) is 0 Å². The average Bonchev–Trinajstić information content (AvgIpc) is 2.66. The quantitative estimate of drug-likeness (QED) is 0.517. The Kier molecular flexibility index (Phi) is 7.96. The number of amides is 1. The van der Waals surface area contributed by atoms with Crippen LogP contribution >= 0.6 is 11.6 Å². The number of nitrogens with one attached hydrogen (secondary N) is 3. The van der Waals surface area contributed by atoms with Gasteiger partial charge in [-0.15, -0.1) is 0 Å². The van der Waals surface area contributed by atoms with E-state index in [2.05, 4.69) is 27.0 Å². The van der Waals surface area contributed by atoms with Gasteiger partial charge in [-0.05, 0) is 48.2 Å². The molecule has 5 nitrogen and oxygen atoms in total. The van der Waals surface area contributed by atoms with E-state index >= 15 is 0 Å². The Hall–Kier alpha value is -2.53. The summed E-state index contributed by atoms with van der Waals surface area (Å²) in [6.45, 7) is 1.50. The molecule has 0 radical (unpaired) electrons. The fraction of sp³-hybridized carbons (Fsp3) is 0.300. The van der Waals surface area contributed by atoms with Crippen LogP contribution < -0.4 is 16.0 Å². The molecule has 0 bridgehead atoms. The summed E-state index contributed by atoms with van der Waals surface area (Å²) in [5, 5.41) is 9.98. The van der Waals surface area contributed by atoms with Crippen molar-refractivity contribution in [1.29, 1.82) is 0 Å². The molecule has 26 heavy (non-hydrogen) atoms. The molecule has 1 amide bonds. The van der Waals surface area contributed by atoms with Crippen LogP contribution in [-0.2, 0) is 12.8 Å². The minimum Gasteiger partial charge on any atom is -0.356 e. The van der Waals surface area contributed by atoms with Gasteiger partial charge in [-0.2, -0.15) is 0 Å². The van der Waals surface area contributed by atoms with E-state index < -0.39 is 0 Å². The average molecular weight is 373 g/mol. The molecule has 6 heteroatoms. The lowest BCUT2D eigenvalue weighted by Gasteiger charge is -2.12. The standard InChI is InChI=1S/C20H25ClN4O/c1-22-19(26)17-7-3-5-15(13-17)9-11-24-20(23-2)25-12-10-16-6-4-8-18(21)14-16/h3-8,13-14H,9-12H2,1-2H3,(H,22,26)(H2,23,24,25). The minimum atomic E-state index is -0.0710.